The first-order chi connectivity index (χ1) is 12.7. The van der Waals surface area contributed by atoms with Crippen molar-refractivity contribution in [2.75, 3.05) is 16.8 Å². The highest BCUT2D eigenvalue weighted by atomic mass is 35.5. The fourth-order valence-corrected chi connectivity index (χ4v) is 3.24. The van der Waals surface area contributed by atoms with Crippen LogP contribution in [0.1, 0.15) is 49.8 Å². The number of carbonyl (C=O) groups excluding carboxylic acids is 2. The second-order valence-corrected chi connectivity index (χ2v) is 7.53. The van der Waals surface area contributed by atoms with Crippen LogP contribution in [0.25, 0.3) is 0 Å². The van der Waals surface area contributed by atoms with Gasteiger partial charge in [-0.05, 0) is 48.6 Å². The maximum atomic E-state index is 12.6. The van der Waals surface area contributed by atoms with Crippen LogP contribution in [0, 0.1) is 13.8 Å². The van der Waals surface area contributed by atoms with Crippen LogP contribution >= 0.6 is 11.6 Å². The van der Waals surface area contributed by atoms with Crippen molar-refractivity contribution in [2.24, 2.45) is 0 Å². The van der Waals surface area contributed by atoms with Crippen molar-refractivity contribution in [1.29, 1.82) is 0 Å². The van der Waals surface area contributed by atoms with Crippen molar-refractivity contribution in [3.8, 4) is 0 Å². The number of hydrogen-bond donors (Lipinski definition) is 1. The average Bonchev–Trinajstić information content (AvgIpc) is 2.59. The van der Waals surface area contributed by atoms with Crippen LogP contribution in [0.15, 0.2) is 36.4 Å². The molecule has 27 heavy (non-hydrogen) atoms. The van der Waals surface area contributed by atoms with Crippen molar-refractivity contribution in [2.45, 2.75) is 47.0 Å². The summed E-state index contributed by atoms with van der Waals surface area (Å²) in [5.74, 6) is 0.0760. The molecule has 0 spiro atoms. The van der Waals surface area contributed by atoms with Crippen LogP contribution in [0.4, 0.5) is 11.4 Å². The second-order valence-electron chi connectivity index (χ2n) is 7.09. The molecule has 0 saturated carbocycles. The van der Waals surface area contributed by atoms with E-state index in [9.17, 15) is 9.59 Å². The maximum absolute atomic E-state index is 12.6. The Morgan fingerprint density at radius 2 is 1.81 bits per heavy atom. The summed E-state index contributed by atoms with van der Waals surface area (Å²) in [5.41, 5.74) is 4.68. The number of nitrogens with zero attached hydrogens (tertiary/aromatic N) is 1. The normalized spacial score (nSPS) is 10.8. The molecule has 5 heteroatoms. The Bertz CT molecular complexity index is 846. The number of halogens is 1. The molecular formula is C22H27ClN2O2. The van der Waals surface area contributed by atoms with E-state index >= 15 is 0 Å². The van der Waals surface area contributed by atoms with Crippen LogP contribution in [0.5, 0.6) is 0 Å². The van der Waals surface area contributed by atoms with Crippen molar-refractivity contribution in [3.05, 3.63) is 58.1 Å². The smallest absolute Gasteiger partial charge is 0.226 e. The van der Waals surface area contributed by atoms with Crippen LogP contribution in [-0.4, -0.2) is 18.4 Å². The average molecular weight is 387 g/mol. The van der Waals surface area contributed by atoms with Gasteiger partial charge in [0.05, 0.1) is 0 Å². The van der Waals surface area contributed by atoms with E-state index in [2.05, 4.69) is 19.2 Å². The van der Waals surface area contributed by atoms with Gasteiger partial charge in [0.15, 0.2) is 0 Å². The number of para-hydroxylation sites is 1. The zero-order valence-electron chi connectivity index (χ0n) is 16.6. The summed E-state index contributed by atoms with van der Waals surface area (Å²) in [6.07, 6.45) is 0.206. The Balaban J connectivity index is 2.14. The lowest BCUT2D eigenvalue weighted by molar-refractivity contribution is -0.117. The summed E-state index contributed by atoms with van der Waals surface area (Å²) in [6, 6.07) is 11.4. The van der Waals surface area contributed by atoms with E-state index in [0.29, 0.717) is 17.5 Å². The van der Waals surface area contributed by atoms with Gasteiger partial charge in [-0.15, -0.1) is 0 Å². The third-order valence-corrected chi connectivity index (χ3v) is 4.83. The van der Waals surface area contributed by atoms with Gasteiger partial charge < -0.3 is 10.2 Å². The minimum atomic E-state index is -0.119. The first kappa shape index (κ1) is 21.0. The van der Waals surface area contributed by atoms with Crippen molar-refractivity contribution < 1.29 is 9.59 Å². The summed E-state index contributed by atoms with van der Waals surface area (Å²) in [5, 5.41) is 3.59. The first-order valence-electron chi connectivity index (χ1n) is 9.14. The molecule has 0 aromatic heterocycles. The Kier molecular flexibility index (Phi) is 7.03. The number of benzene rings is 2. The van der Waals surface area contributed by atoms with E-state index in [1.165, 1.54) is 6.92 Å². The predicted octanol–water partition coefficient (Wildman–Crippen LogP) is 5.46. The molecule has 0 unspecified atom stereocenters. The summed E-state index contributed by atoms with van der Waals surface area (Å²) in [4.78, 5) is 26.3. The molecule has 0 heterocycles. The van der Waals surface area contributed by atoms with Gasteiger partial charge in [-0.2, -0.15) is 0 Å². The molecule has 2 aromatic rings. The molecule has 0 radical (unpaired) electrons. The van der Waals surface area contributed by atoms with E-state index < -0.39 is 0 Å². The van der Waals surface area contributed by atoms with E-state index in [4.69, 9.17) is 11.6 Å². The summed E-state index contributed by atoms with van der Waals surface area (Å²) in [7, 11) is 0. The van der Waals surface area contributed by atoms with Crippen LogP contribution in [0.2, 0.25) is 5.02 Å². The molecular weight excluding hydrogens is 360 g/mol. The largest absolute Gasteiger partial charge is 0.326 e. The molecule has 0 aliphatic rings. The molecule has 2 amide bonds. The monoisotopic (exact) mass is 386 g/mol. The molecule has 0 bridgehead atoms. The highest BCUT2D eigenvalue weighted by molar-refractivity contribution is 6.31. The summed E-state index contributed by atoms with van der Waals surface area (Å²) < 4.78 is 0. The van der Waals surface area contributed by atoms with Crippen LogP contribution in [0.3, 0.4) is 0 Å². The fraction of sp³-hybridized carbons (Fsp3) is 0.364. The lowest BCUT2D eigenvalue weighted by atomic mass is 9.98. The van der Waals surface area contributed by atoms with Crippen LogP contribution < -0.4 is 10.2 Å². The standard InChI is InChI=1S/C22H27ClN2O2/c1-14(2)19-8-6-7-16(4)22(19)24-21(27)11-12-25(17(5)26)20-13-18(23)10-9-15(20)3/h6-10,13-14H,11-12H2,1-5H3,(H,24,27). The van der Waals surface area contributed by atoms with Gasteiger partial charge >= 0.3 is 0 Å². The first-order valence-corrected chi connectivity index (χ1v) is 9.52. The SMILES string of the molecule is CC(=O)N(CCC(=O)Nc1c(C)cccc1C(C)C)c1cc(Cl)ccc1C. The van der Waals surface area contributed by atoms with E-state index in [0.717, 1.165) is 28.1 Å². The molecule has 0 fully saturated rings. The minimum Gasteiger partial charge on any atom is -0.326 e. The summed E-state index contributed by atoms with van der Waals surface area (Å²) >= 11 is 6.08. The van der Waals surface area contributed by atoms with Gasteiger partial charge in [0.1, 0.15) is 0 Å². The maximum Gasteiger partial charge on any atom is 0.226 e. The Morgan fingerprint density at radius 1 is 1.11 bits per heavy atom. The Morgan fingerprint density at radius 3 is 2.44 bits per heavy atom. The molecule has 4 nitrogen and oxygen atoms in total. The number of anilines is 2. The van der Waals surface area contributed by atoms with Gasteiger partial charge in [-0.3, -0.25) is 9.59 Å². The van der Waals surface area contributed by atoms with Crippen molar-refractivity contribution in [3.63, 3.8) is 0 Å². The molecule has 0 saturated heterocycles. The molecule has 2 rings (SSSR count). The number of aryl methyl sites for hydroxylation is 2. The van der Waals surface area contributed by atoms with Crippen molar-refractivity contribution in [1.82, 2.24) is 0 Å². The zero-order valence-corrected chi connectivity index (χ0v) is 17.4. The lowest BCUT2D eigenvalue weighted by Crippen LogP contribution is -2.32. The van der Waals surface area contributed by atoms with Gasteiger partial charge in [-0.1, -0.05) is 49.7 Å². The molecule has 2 aromatic carbocycles. The number of rotatable bonds is 6. The molecule has 0 atom stereocenters. The minimum absolute atomic E-state index is 0.114. The lowest BCUT2D eigenvalue weighted by Gasteiger charge is -2.23. The summed E-state index contributed by atoms with van der Waals surface area (Å²) in [6.45, 7) is 9.90. The number of carbonyl (C=O) groups is 2. The third-order valence-electron chi connectivity index (χ3n) is 4.60. The van der Waals surface area contributed by atoms with E-state index in [-0.39, 0.29) is 18.2 Å². The van der Waals surface area contributed by atoms with Crippen molar-refractivity contribution >= 4 is 34.8 Å². The molecule has 1 N–H and O–H groups in total. The highest BCUT2D eigenvalue weighted by Gasteiger charge is 2.17. The predicted molar refractivity (Wildman–Crippen MR) is 113 cm³/mol. The highest BCUT2D eigenvalue weighted by Crippen LogP contribution is 2.28. The van der Waals surface area contributed by atoms with Gasteiger partial charge in [-0.25, -0.2) is 0 Å². The zero-order chi connectivity index (χ0) is 20.1. The fourth-order valence-electron chi connectivity index (χ4n) is 3.08. The Hall–Kier alpha value is -2.33. The van der Waals surface area contributed by atoms with Gasteiger partial charge in [0, 0.05) is 36.3 Å². The molecule has 0 aliphatic heterocycles. The van der Waals surface area contributed by atoms with Gasteiger partial charge in [0.2, 0.25) is 11.8 Å². The van der Waals surface area contributed by atoms with E-state index in [1.807, 2.05) is 38.1 Å². The topological polar surface area (TPSA) is 49.4 Å². The van der Waals surface area contributed by atoms with E-state index in [1.54, 1.807) is 17.0 Å². The van der Waals surface area contributed by atoms with Gasteiger partial charge in [0.25, 0.3) is 0 Å². The Labute approximate surface area is 166 Å². The molecule has 0 aliphatic carbocycles. The molecule has 144 valence electrons. The number of nitrogens with one attached hydrogen (secondary N) is 1. The number of hydrogen-bond acceptors (Lipinski definition) is 2. The second kappa shape index (κ2) is 9.05. The quantitative estimate of drug-likeness (QED) is 0.716. The third kappa shape index (κ3) is 5.33. The van der Waals surface area contributed by atoms with Crippen LogP contribution in [-0.2, 0) is 9.59 Å². The number of amides is 2.